The lowest BCUT2D eigenvalue weighted by Gasteiger charge is -2.29. The van der Waals surface area contributed by atoms with Crippen molar-refractivity contribution in [2.75, 3.05) is 19.7 Å². The van der Waals surface area contributed by atoms with Crippen LogP contribution in [0.25, 0.3) is 0 Å². The zero-order chi connectivity index (χ0) is 17.8. The first-order valence-corrected chi connectivity index (χ1v) is 9.42. The zero-order valence-corrected chi connectivity index (χ0v) is 15.4. The minimum atomic E-state index is -0.140. The van der Waals surface area contributed by atoms with Crippen LogP contribution in [-0.2, 0) is 11.3 Å². The molecule has 0 N–H and O–H groups in total. The fourth-order valence-corrected chi connectivity index (χ4v) is 3.74. The van der Waals surface area contributed by atoms with Gasteiger partial charge in [0.15, 0.2) is 0 Å². The summed E-state index contributed by atoms with van der Waals surface area (Å²) in [6, 6.07) is 20.9. The van der Waals surface area contributed by atoms with E-state index in [4.69, 9.17) is 9.73 Å². The van der Waals surface area contributed by atoms with Crippen LogP contribution < -0.4 is 0 Å². The summed E-state index contributed by atoms with van der Waals surface area (Å²) in [6.07, 6.45) is 4.51. The maximum atomic E-state index is 5.91. The molecule has 0 amide bonds. The third kappa shape index (κ3) is 4.05. The fourth-order valence-electron chi connectivity index (χ4n) is 3.74. The first-order chi connectivity index (χ1) is 12.7. The molecule has 0 saturated heterocycles. The van der Waals surface area contributed by atoms with E-state index in [1.54, 1.807) is 0 Å². The van der Waals surface area contributed by atoms with Crippen LogP contribution in [-0.4, -0.2) is 36.0 Å². The van der Waals surface area contributed by atoms with E-state index >= 15 is 0 Å². The van der Waals surface area contributed by atoms with Gasteiger partial charge in [0, 0.05) is 25.2 Å². The Kier molecular flexibility index (Phi) is 4.89. The number of hydrogen-bond donors (Lipinski definition) is 0. The molecule has 0 spiro atoms. The second-order valence-electron chi connectivity index (χ2n) is 7.58. The van der Waals surface area contributed by atoms with Gasteiger partial charge in [-0.15, -0.1) is 0 Å². The summed E-state index contributed by atoms with van der Waals surface area (Å²) in [6.45, 7) is 6.05. The summed E-state index contributed by atoms with van der Waals surface area (Å²) in [5.41, 5.74) is 3.83. The van der Waals surface area contributed by atoms with Gasteiger partial charge in [0.1, 0.15) is 6.61 Å². The van der Waals surface area contributed by atoms with Gasteiger partial charge in [-0.2, -0.15) is 0 Å². The molecule has 4 rings (SSSR count). The highest BCUT2D eigenvalue weighted by Gasteiger charge is 2.33. The van der Waals surface area contributed by atoms with Crippen LogP contribution in [0.2, 0.25) is 0 Å². The lowest BCUT2D eigenvalue weighted by Crippen LogP contribution is -2.31. The molecule has 0 radical (unpaired) electrons. The highest BCUT2D eigenvalue weighted by atomic mass is 16.5. The van der Waals surface area contributed by atoms with Gasteiger partial charge in [0.2, 0.25) is 5.90 Å². The van der Waals surface area contributed by atoms with Crippen molar-refractivity contribution in [1.29, 1.82) is 0 Å². The van der Waals surface area contributed by atoms with Crippen molar-refractivity contribution in [3.63, 3.8) is 0 Å². The molecule has 3 nitrogen and oxygen atoms in total. The Labute approximate surface area is 156 Å². The predicted molar refractivity (Wildman–Crippen MR) is 106 cm³/mol. The quantitative estimate of drug-likeness (QED) is 0.748. The van der Waals surface area contributed by atoms with E-state index in [0.29, 0.717) is 6.61 Å². The SMILES string of the molecule is CC1(CC2=CCN(Cc3ccccc3)CC2)COC(c2ccccc2)=N1. The number of hydrogen-bond acceptors (Lipinski definition) is 3. The van der Waals surface area contributed by atoms with E-state index in [9.17, 15) is 0 Å². The Morgan fingerprint density at radius 3 is 2.46 bits per heavy atom. The summed E-state index contributed by atoms with van der Waals surface area (Å²) in [7, 11) is 0. The minimum Gasteiger partial charge on any atom is -0.475 e. The molecule has 2 aliphatic heterocycles. The fraction of sp³-hybridized carbons (Fsp3) is 0.348. The van der Waals surface area contributed by atoms with Crippen molar-refractivity contribution in [2.24, 2.45) is 4.99 Å². The summed E-state index contributed by atoms with van der Waals surface area (Å²) in [4.78, 5) is 7.42. The summed E-state index contributed by atoms with van der Waals surface area (Å²) in [5.74, 6) is 0.787. The first-order valence-electron chi connectivity index (χ1n) is 9.42. The van der Waals surface area contributed by atoms with Crippen LogP contribution in [0.4, 0.5) is 0 Å². The summed E-state index contributed by atoms with van der Waals surface area (Å²) >= 11 is 0. The predicted octanol–water partition coefficient (Wildman–Crippen LogP) is 4.44. The van der Waals surface area contributed by atoms with Gasteiger partial charge in [-0.3, -0.25) is 4.90 Å². The maximum Gasteiger partial charge on any atom is 0.216 e. The van der Waals surface area contributed by atoms with Crippen molar-refractivity contribution in [2.45, 2.75) is 31.8 Å². The first kappa shape index (κ1) is 17.0. The molecule has 2 aromatic rings. The minimum absolute atomic E-state index is 0.140. The largest absolute Gasteiger partial charge is 0.475 e. The Morgan fingerprint density at radius 1 is 1.04 bits per heavy atom. The standard InChI is InChI=1S/C23H26N2O/c1-23(18-26-22(24-23)21-10-6-3-7-11-21)16-19-12-14-25(15-13-19)17-20-8-4-2-5-9-20/h2-12H,13-18H2,1H3. The van der Waals surface area contributed by atoms with E-state index in [1.807, 2.05) is 18.2 Å². The molecule has 3 heteroatoms. The van der Waals surface area contributed by atoms with Crippen molar-refractivity contribution in [1.82, 2.24) is 4.90 Å². The monoisotopic (exact) mass is 346 g/mol. The zero-order valence-electron chi connectivity index (χ0n) is 15.4. The van der Waals surface area contributed by atoms with Gasteiger partial charge in [-0.05, 0) is 37.5 Å². The lowest BCUT2D eigenvalue weighted by atomic mass is 9.91. The van der Waals surface area contributed by atoms with Gasteiger partial charge in [-0.25, -0.2) is 4.99 Å². The van der Waals surface area contributed by atoms with E-state index in [0.717, 1.165) is 43.9 Å². The van der Waals surface area contributed by atoms with Gasteiger partial charge in [0.05, 0.1) is 5.54 Å². The Bertz CT molecular complexity index is 797. The number of aliphatic imine (C=N–C) groups is 1. The number of rotatable bonds is 5. The van der Waals surface area contributed by atoms with E-state index in [1.165, 1.54) is 11.1 Å². The average Bonchev–Trinajstić information content (AvgIpc) is 3.07. The molecule has 1 atom stereocenters. The molecule has 0 aromatic heterocycles. The maximum absolute atomic E-state index is 5.91. The normalized spacial score (nSPS) is 23.3. The lowest BCUT2D eigenvalue weighted by molar-refractivity contribution is 0.254. The topological polar surface area (TPSA) is 24.8 Å². The molecule has 0 aliphatic carbocycles. The molecule has 26 heavy (non-hydrogen) atoms. The van der Waals surface area contributed by atoms with E-state index in [-0.39, 0.29) is 5.54 Å². The number of nitrogens with zero attached hydrogens (tertiary/aromatic N) is 2. The summed E-state index contributed by atoms with van der Waals surface area (Å²) < 4.78 is 5.91. The van der Waals surface area contributed by atoms with Crippen molar-refractivity contribution >= 4 is 5.90 Å². The molecule has 1 unspecified atom stereocenters. The smallest absolute Gasteiger partial charge is 0.216 e. The molecule has 134 valence electrons. The highest BCUT2D eigenvalue weighted by Crippen LogP contribution is 2.30. The Hall–Kier alpha value is -2.39. The molecule has 0 saturated carbocycles. The number of benzene rings is 2. The van der Waals surface area contributed by atoms with Crippen molar-refractivity contribution in [3.8, 4) is 0 Å². The van der Waals surface area contributed by atoms with Gasteiger partial charge in [0.25, 0.3) is 0 Å². The number of ether oxygens (including phenoxy) is 1. The van der Waals surface area contributed by atoms with Crippen LogP contribution >= 0.6 is 0 Å². The van der Waals surface area contributed by atoms with E-state index in [2.05, 4.69) is 60.4 Å². The second kappa shape index (κ2) is 7.46. The molecular weight excluding hydrogens is 320 g/mol. The molecule has 2 heterocycles. The van der Waals surface area contributed by atoms with Crippen LogP contribution in [0.15, 0.2) is 77.3 Å². The van der Waals surface area contributed by atoms with Gasteiger partial charge >= 0.3 is 0 Å². The molecule has 2 aromatic carbocycles. The van der Waals surface area contributed by atoms with Crippen LogP contribution in [0.1, 0.15) is 30.9 Å². The Balaban J connectivity index is 1.37. The third-order valence-corrected chi connectivity index (χ3v) is 5.16. The van der Waals surface area contributed by atoms with Gasteiger partial charge in [-0.1, -0.05) is 60.2 Å². The van der Waals surface area contributed by atoms with Crippen LogP contribution in [0, 0.1) is 0 Å². The van der Waals surface area contributed by atoms with Crippen molar-refractivity contribution in [3.05, 3.63) is 83.4 Å². The third-order valence-electron chi connectivity index (χ3n) is 5.16. The Morgan fingerprint density at radius 2 is 1.77 bits per heavy atom. The van der Waals surface area contributed by atoms with Crippen molar-refractivity contribution < 1.29 is 4.74 Å². The molecule has 0 fully saturated rings. The highest BCUT2D eigenvalue weighted by molar-refractivity contribution is 5.95. The van der Waals surface area contributed by atoms with Gasteiger partial charge < -0.3 is 4.74 Å². The second-order valence-corrected chi connectivity index (χ2v) is 7.58. The van der Waals surface area contributed by atoms with Crippen LogP contribution in [0.3, 0.4) is 0 Å². The molecule has 0 bridgehead atoms. The molecule has 2 aliphatic rings. The van der Waals surface area contributed by atoms with Crippen LogP contribution in [0.5, 0.6) is 0 Å². The average molecular weight is 346 g/mol. The summed E-state index contributed by atoms with van der Waals surface area (Å²) in [5, 5.41) is 0. The van der Waals surface area contributed by atoms with E-state index < -0.39 is 0 Å². The molecular formula is C23H26N2O.